The van der Waals surface area contributed by atoms with E-state index in [2.05, 4.69) is 58.7 Å². The smallest absolute Gasteiger partial charge is 0.259 e. The van der Waals surface area contributed by atoms with Crippen LogP contribution >= 0.6 is 8.53 Å². The molecule has 2 aliphatic heterocycles. The highest BCUT2D eigenvalue weighted by Crippen LogP contribution is 2.56. The number of aromatic nitrogens is 4. The number of amides is 1. The average molecular weight is 642 g/mol. The minimum absolute atomic E-state index is 0.0868. The molecule has 1 unspecified atom stereocenters. The summed E-state index contributed by atoms with van der Waals surface area (Å²) in [7, 11) is -0.0424. The molecule has 0 radical (unpaired) electrons. The Kier molecular flexibility index (Phi) is 10.3. The van der Waals surface area contributed by atoms with Crippen molar-refractivity contribution in [1.82, 2.24) is 29.3 Å². The minimum atomic E-state index is -1.65. The van der Waals surface area contributed by atoms with Crippen LogP contribution in [-0.2, 0) is 23.4 Å². The number of rotatable bonds is 15. The van der Waals surface area contributed by atoms with Gasteiger partial charge in [0.05, 0.1) is 45.2 Å². The highest BCUT2D eigenvalue weighted by Gasteiger charge is 2.65. The Morgan fingerprint density at radius 1 is 1.22 bits per heavy atom. The van der Waals surface area contributed by atoms with Crippen molar-refractivity contribution in [3.8, 4) is 6.07 Å². The van der Waals surface area contributed by atoms with Crippen LogP contribution in [-0.4, -0.2) is 98.5 Å². The van der Waals surface area contributed by atoms with Crippen LogP contribution in [0.2, 0.25) is 0 Å². The average Bonchev–Trinajstić information content (AvgIpc) is 3.70. The van der Waals surface area contributed by atoms with E-state index in [4.69, 9.17) is 24.7 Å². The van der Waals surface area contributed by atoms with E-state index in [1.807, 2.05) is 6.07 Å². The molecular formula is C30H41N8O6P. The Bertz CT molecular complexity index is 1500. The number of anilines is 1. The molecule has 4 heterocycles. The first-order chi connectivity index (χ1) is 22.2. The topological polar surface area (TPSA) is 149 Å². The number of benzene rings is 1. The number of carbonyl (C=O) groups excluding carboxylic acids is 1. The molecule has 3 aromatic rings. The van der Waals surface area contributed by atoms with Crippen molar-refractivity contribution in [2.75, 3.05) is 38.8 Å². The van der Waals surface area contributed by atoms with Gasteiger partial charge in [-0.3, -0.25) is 14.2 Å². The highest BCUT2D eigenvalue weighted by molar-refractivity contribution is 7.44. The lowest BCUT2D eigenvalue weighted by Crippen LogP contribution is -2.44. The lowest BCUT2D eigenvalue weighted by atomic mass is 10.0. The molecule has 45 heavy (non-hydrogen) atoms. The molecule has 242 valence electrons. The molecule has 1 N–H and O–H groups in total. The Labute approximate surface area is 265 Å². The second-order valence-electron chi connectivity index (χ2n) is 11.4. The van der Waals surface area contributed by atoms with Crippen LogP contribution in [0.3, 0.4) is 0 Å². The third kappa shape index (κ3) is 7.01. The summed E-state index contributed by atoms with van der Waals surface area (Å²) in [5.41, 5.74) is 0.229. The van der Waals surface area contributed by atoms with Gasteiger partial charge in [-0.25, -0.2) is 19.6 Å². The molecule has 14 nitrogen and oxygen atoms in total. The van der Waals surface area contributed by atoms with Crippen LogP contribution in [0.25, 0.3) is 11.2 Å². The molecule has 2 aliphatic rings. The van der Waals surface area contributed by atoms with E-state index < -0.39 is 32.5 Å². The fourth-order valence-electron chi connectivity index (χ4n) is 5.67. The minimum Gasteiger partial charge on any atom is -0.382 e. The first kappa shape index (κ1) is 31.8. The van der Waals surface area contributed by atoms with Crippen molar-refractivity contribution < 1.29 is 29.5 Å². The van der Waals surface area contributed by atoms with Gasteiger partial charge in [0.1, 0.15) is 24.1 Å². The second-order valence-corrected chi connectivity index (χ2v) is 12.8. The molecular weight excluding hydrogens is 599 g/mol. The van der Waals surface area contributed by atoms with Crippen LogP contribution in [0.1, 0.15) is 59.0 Å². The van der Waals surface area contributed by atoms with Gasteiger partial charge >= 0.3 is 0 Å². The largest absolute Gasteiger partial charge is 0.382 e. The molecule has 0 saturated carbocycles. The van der Waals surface area contributed by atoms with Gasteiger partial charge in [-0.1, -0.05) is 18.2 Å². The summed E-state index contributed by atoms with van der Waals surface area (Å²) >= 11 is 0. The van der Waals surface area contributed by atoms with Gasteiger partial charge in [-0.05, 0) is 46.7 Å². The predicted molar refractivity (Wildman–Crippen MR) is 167 cm³/mol. The van der Waals surface area contributed by atoms with Crippen LogP contribution < -0.4 is 5.32 Å². The second kappa shape index (κ2) is 14.5. The molecule has 1 aromatic carbocycles. The fourth-order valence-corrected chi connectivity index (χ4v) is 7.48. The molecule has 1 amide bonds. The predicted octanol–water partition coefficient (Wildman–Crippen LogP) is 4.29. The van der Waals surface area contributed by atoms with E-state index in [-0.39, 0.29) is 50.3 Å². The molecule has 5 rings (SSSR count). The van der Waals surface area contributed by atoms with Crippen LogP contribution in [0, 0.1) is 11.3 Å². The lowest BCUT2D eigenvalue weighted by molar-refractivity contribution is -0.248. The van der Waals surface area contributed by atoms with Crippen molar-refractivity contribution in [1.29, 1.82) is 5.26 Å². The zero-order valence-electron chi connectivity index (χ0n) is 27.2. The fraction of sp³-hybridized carbons (Fsp3) is 0.567. The summed E-state index contributed by atoms with van der Waals surface area (Å²) in [5.74, 6) is -0.0637. The number of ether oxygens (including phenoxy) is 2. The first-order valence-electron chi connectivity index (χ1n) is 15.6. The highest BCUT2D eigenvalue weighted by atomic mass is 31.2. The Balaban J connectivity index is 1.50. The van der Waals surface area contributed by atoms with Gasteiger partial charge in [0.25, 0.3) is 14.4 Å². The van der Waals surface area contributed by atoms with Gasteiger partial charge in [0, 0.05) is 26.1 Å². The Hall–Kier alpha value is -3.12. The summed E-state index contributed by atoms with van der Waals surface area (Å²) in [4.78, 5) is 32.5. The number of imidazole rings is 1. The van der Waals surface area contributed by atoms with Gasteiger partial charge in [0.15, 0.2) is 23.2 Å². The molecule has 0 aliphatic carbocycles. The number of hydrogen-bond acceptors (Lipinski definition) is 12. The third-order valence-corrected chi connectivity index (χ3v) is 9.66. The van der Waals surface area contributed by atoms with E-state index in [0.29, 0.717) is 29.9 Å². The Morgan fingerprint density at radius 2 is 2.00 bits per heavy atom. The van der Waals surface area contributed by atoms with Crippen molar-refractivity contribution in [2.24, 2.45) is 0 Å². The summed E-state index contributed by atoms with van der Waals surface area (Å²) < 4.78 is 37.6. The van der Waals surface area contributed by atoms with Gasteiger partial charge < -0.3 is 23.8 Å². The number of nitrogens with one attached hydrogen (secondary N) is 1. The number of nitriles is 1. The maximum atomic E-state index is 12.9. The molecule has 15 heteroatoms. The quantitative estimate of drug-likeness (QED) is 0.186. The van der Waals surface area contributed by atoms with Gasteiger partial charge in [0.2, 0.25) is 0 Å². The Morgan fingerprint density at radius 3 is 2.69 bits per heavy atom. The van der Waals surface area contributed by atoms with E-state index in [0.717, 1.165) is 0 Å². The van der Waals surface area contributed by atoms with Crippen molar-refractivity contribution in [3.63, 3.8) is 0 Å². The monoisotopic (exact) mass is 641 g/mol. The normalized spacial score (nSPS) is 24.1. The molecule has 2 fully saturated rings. The lowest BCUT2D eigenvalue weighted by Gasteiger charge is -2.38. The van der Waals surface area contributed by atoms with Crippen LogP contribution in [0.4, 0.5) is 5.82 Å². The summed E-state index contributed by atoms with van der Waals surface area (Å²) in [5, 5.41) is 13.8. The third-order valence-electron chi connectivity index (χ3n) is 7.54. The van der Waals surface area contributed by atoms with E-state index >= 15 is 0 Å². The molecule has 0 spiro atoms. The maximum Gasteiger partial charge on any atom is 0.259 e. The summed E-state index contributed by atoms with van der Waals surface area (Å²) in [6.45, 7) is 9.33. The van der Waals surface area contributed by atoms with Crippen LogP contribution in [0.15, 0.2) is 43.0 Å². The number of nitrogens with zero attached hydrogens (tertiary/aromatic N) is 7. The van der Waals surface area contributed by atoms with E-state index in [1.165, 1.54) is 6.33 Å². The van der Waals surface area contributed by atoms with Crippen molar-refractivity contribution in [3.05, 3.63) is 48.5 Å². The molecule has 2 aromatic heterocycles. The van der Waals surface area contributed by atoms with Crippen LogP contribution in [0.5, 0.6) is 0 Å². The zero-order valence-corrected chi connectivity index (χ0v) is 27.1. The molecule has 2 bridgehead atoms. The number of morpholine rings is 1. The van der Waals surface area contributed by atoms with Crippen molar-refractivity contribution >= 4 is 31.4 Å². The SMILES string of the molecule is [2H]C[C@@]12CN(OCCOC)[C@@H]([C@H](n3cnc4c(NC(=O)c5ccccc5)ncnc43)O1)[C@@H]2OP(OCCC#N)N(C(C)C)C(C)C. The van der Waals surface area contributed by atoms with Crippen molar-refractivity contribution in [2.45, 2.75) is 77.1 Å². The molecule has 5 atom stereocenters. The number of hydroxylamine groups is 2. The number of carbonyl (C=O) groups is 1. The summed E-state index contributed by atoms with van der Waals surface area (Å²) in [6.07, 6.45) is 1.82. The first-order valence-corrected chi connectivity index (χ1v) is 16.0. The maximum absolute atomic E-state index is 12.9. The molecule has 2 saturated heterocycles. The standard InChI is InChI=1S/C30H41N8O6P/c1-20(2)38(21(3)4)45(42-14-10-13-31)44-25-24-29(43-30(25,5)17-37(24)41-16-15-40-6)36-19-34-23-26(32-18-33-27(23)36)35-28(39)22-11-8-7-9-12-22/h7-9,11-12,18-21,24-25,29H,10,14-17H2,1-6H3,(H,32,33,35,39)/t24-,25+,29-,30+,45?/m1/s1/i5D. The number of fused-ring (bicyclic) bond motifs is 3. The zero-order chi connectivity index (χ0) is 32.8. The van der Waals surface area contributed by atoms with Gasteiger partial charge in [-0.2, -0.15) is 10.3 Å². The summed E-state index contributed by atoms with van der Waals surface area (Å²) in [6, 6.07) is 10.6. The number of methoxy groups -OCH3 is 1. The van der Waals surface area contributed by atoms with E-state index in [9.17, 15) is 10.1 Å². The van der Waals surface area contributed by atoms with Gasteiger partial charge in [-0.15, -0.1) is 0 Å². The number of hydrogen-bond donors (Lipinski definition) is 1. The van der Waals surface area contributed by atoms with E-state index in [1.54, 1.807) is 47.3 Å².